The average Bonchev–Trinajstić information content (AvgIpc) is 4.02. The molecule has 354 valence electrons. The molecule has 0 aliphatic heterocycles. The summed E-state index contributed by atoms with van der Waals surface area (Å²) in [6.45, 7) is 11.4. The molecule has 0 atom stereocenters. The SMILES string of the molecule is Cc1ccccc1-c1cccc2c1sc1c(N(c3ccccc3)c3cc(N(c4ccccc4)c4cccc5c4sc4c(-c6ccccc6C)cccc45)c4ccc5cc(C(C)(C)C)cc6ccc3c4c65)cccc12. The van der Waals surface area contributed by atoms with Gasteiger partial charge >= 0.3 is 0 Å². The summed E-state index contributed by atoms with van der Waals surface area (Å²) in [4.78, 5) is 5.11. The molecule has 0 saturated carbocycles. The molecule has 2 aromatic heterocycles. The second-order valence-corrected chi connectivity index (χ2v) is 23.0. The van der Waals surface area contributed by atoms with Gasteiger partial charge in [-0.3, -0.25) is 0 Å². The van der Waals surface area contributed by atoms with Crippen LogP contribution in [0.1, 0.15) is 37.5 Å². The zero-order valence-electron chi connectivity index (χ0n) is 42.1. The maximum Gasteiger partial charge on any atom is 0.0640 e. The Balaban J connectivity index is 1.10. The van der Waals surface area contributed by atoms with Crippen LogP contribution in [0.4, 0.5) is 34.1 Å². The first-order chi connectivity index (χ1) is 36.2. The summed E-state index contributed by atoms with van der Waals surface area (Å²) in [5, 5.41) is 12.6. The second kappa shape index (κ2) is 17.2. The highest BCUT2D eigenvalue weighted by molar-refractivity contribution is 7.27. The van der Waals surface area contributed by atoms with Gasteiger partial charge in [-0.2, -0.15) is 0 Å². The summed E-state index contributed by atoms with van der Waals surface area (Å²) >= 11 is 3.82. The summed E-state index contributed by atoms with van der Waals surface area (Å²) in [5.74, 6) is 0. The minimum absolute atomic E-state index is 0.0149. The molecule has 74 heavy (non-hydrogen) atoms. The molecule has 2 nitrogen and oxygen atoms in total. The number of para-hydroxylation sites is 2. The van der Waals surface area contributed by atoms with Gasteiger partial charge in [0.05, 0.1) is 32.1 Å². The molecule has 0 aliphatic carbocycles. The molecule has 2 heterocycles. The number of rotatable bonds is 8. The standard InChI is InChI=1S/C70H52N2S2/c1-43-20-12-14-26-50(43)52-28-16-30-54-56-32-18-34-60(68(56)73-66(52)54)71(48-22-8-6-9-23-48)62-42-63(59-39-37-46-41-47(70(3,4)5)40-45-36-38-58(62)65(59)64(45)46)72(49-24-10-7-11-25-49)61-35-19-33-57-55-31-17-29-53(67(55)74-69(57)61)51-27-15-13-21-44(51)2/h6-42H,1-5H3. The first-order valence-corrected chi connectivity index (χ1v) is 27.3. The van der Waals surface area contributed by atoms with Gasteiger partial charge in [-0.05, 0) is 117 Å². The van der Waals surface area contributed by atoms with Crippen LogP contribution in [0.25, 0.3) is 94.9 Å². The van der Waals surface area contributed by atoms with Crippen molar-refractivity contribution in [2.75, 3.05) is 9.80 Å². The maximum atomic E-state index is 2.55. The van der Waals surface area contributed by atoms with Gasteiger partial charge in [0.2, 0.25) is 0 Å². The van der Waals surface area contributed by atoms with Crippen molar-refractivity contribution in [1.29, 1.82) is 0 Å². The van der Waals surface area contributed by atoms with Gasteiger partial charge in [-0.15, -0.1) is 22.7 Å². The number of nitrogens with zero attached hydrogens (tertiary/aromatic N) is 2. The van der Waals surface area contributed by atoms with Crippen molar-refractivity contribution in [2.45, 2.75) is 40.0 Å². The van der Waals surface area contributed by atoms with Gasteiger partial charge in [0.1, 0.15) is 0 Å². The van der Waals surface area contributed by atoms with Gasteiger partial charge in [0.25, 0.3) is 0 Å². The minimum Gasteiger partial charge on any atom is -0.308 e. The monoisotopic (exact) mass is 984 g/mol. The molecular formula is C70H52N2S2. The summed E-state index contributed by atoms with van der Waals surface area (Å²) in [6, 6.07) is 84.1. The molecular weight excluding hydrogens is 933 g/mol. The molecule has 0 N–H and O–H groups in total. The molecule has 14 rings (SSSR count). The Hall–Kier alpha value is -8.28. The number of anilines is 6. The number of thiophene rings is 2. The molecule has 14 aromatic rings. The Morgan fingerprint density at radius 1 is 0.311 bits per heavy atom. The van der Waals surface area contributed by atoms with Crippen molar-refractivity contribution < 1.29 is 0 Å². The predicted molar refractivity (Wildman–Crippen MR) is 324 cm³/mol. The van der Waals surface area contributed by atoms with E-state index in [-0.39, 0.29) is 5.41 Å². The third-order valence-corrected chi connectivity index (χ3v) is 18.0. The van der Waals surface area contributed by atoms with E-state index < -0.39 is 0 Å². The first-order valence-electron chi connectivity index (χ1n) is 25.7. The molecule has 0 fully saturated rings. The van der Waals surface area contributed by atoms with Crippen LogP contribution < -0.4 is 9.80 Å². The summed E-state index contributed by atoms with van der Waals surface area (Å²) in [6.07, 6.45) is 0. The lowest BCUT2D eigenvalue weighted by Crippen LogP contribution is -2.15. The van der Waals surface area contributed by atoms with E-state index in [2.05, 4.69) is 269 Å². The molecule has 0 amide bonds. The van der Waals surface area contributed by atoms with Crippen molar-refractivity contribution in [3.05, 3.63) is 241 Å². The Kier molecular flexibility index (Phi) is 10.3. The van der Waals surface area contributed by atoms with Crippen LogP contribution in [0.2, 0.25) is 0 Å². The molecule has 12 aromatic carbocycles. The number of benzene rings is 12. The van der Waals surface area contributed by atoms with E-state index in [9.17, 15) is 0 Å². The largest absolute Gasteiger partial charge is 0.308 e. The van der Waals surface area contributed by atoms with Crippen molar-refractivity contribution in [3.8, 4) is 22.3 Å². The summed E-state index contributed by atoms with van der Waals surface area (Å²) in [5.41, 5.74) is 15.8. The molecule has 0 saturated heterocycles. The van der Waals surface area contributed by atoms with E-state index in [1.54, 1.807) is 0 Å². The van der Waals surface area contributed by atoms with E-state index in [1.165, 1.54) is 112 Å². The van der Waals surface area contributed by atoms with Crippen LogP contribution in [0.3, 0.4) is 0 Å². The van der Waals surface area contributed by atoms with E-state index in [0.29, 0.717) is 0 Å². The maximum absolute atomic E-state index is 2.55. The van der Waals surface area contributed by atoms with Crippen LogP contribution in [0, 0.1) is 13.8 Å². The summed E-state index contributed by atoms with van der Waals surface area (Å²) < 4.78 is 5.13. The molecule has 4 heteroatoms. The lowest BCUT2D eigenvalue weighted by atomic mass is 9.83. The van der Waals surface area contributed by atoms with Crippen molar-refractivity contribution >= 4 is 129 Å². The zero-order valence-corrected chi connectivity index (χ0v) is 43.7. The normalized spacial score (nSPS) is 12.1. The molecule has 0 radical (unpaired) electrons. The lowest BCUT2D eigenvalue weighted by molar-refractivity contribution is 0.591. The van der Waals surface area contributed by atoms with Crippen LogP contribution in [-0.4, -0.2) is 0 Å². The lowest BCUT2D eigenvalue weighted by Gasteiger charge is -2.33. The number of hydrogen-bond acceptors (Lipinski definition) is 4. The molecule has 0 spiro atoms. The highest BCUT2D eigenvalue weighted by atomic mass is 32.1. The zero-order chi connectivity index (χ0) is 49.8. The van der Waals surface area contributed by atoms with Crippen molar-refractivity contribution in [3.63, 3.8) is 0 Å². The molecule has 0 aliphatic rings. The second-order valence-electron chi connectivity index (χ2n) is 20.9. The number of hydrogen-bond donors (Lipinski definition) is 0. The summed E-state index contributed by atoms with van der Waals surface area (Å²) in [7, 11) is 0. The highest BCUT2D eigenvalue weighted by Gasteiger charge is 2.28. The van der Waals surface area contributed by atoms with Gasteiger partial charge in [-0.1, -0.05) is 203 Å². The van der Waals surface area contributed by atoms with E-state index >= 15 is 0 Å². The van der Waals surface area contributed by atoms with Gasteiger partial charge in [0, 0.05) is 58.5 Å². The fourth-order valence-corrected chi connectivity index (χ4v) is 14.5. The minimum atomic E-state index is -0.0149. The van der Waals surface area contributed by atoms with Gasteiger partial charge < -0.3 is 9.80 Å². The third kappa shape index (κ3) is 6.96. The van der Waals surface area contributed by atoms with Gasteiger partial charge in [-0.25, -0.2) is 0 Å². The Morgan fingerprint density at radius 3 is 1.14 bits per heavy atom. The fourth-order valence-electron chi connectivity index (χ4n) is 11.8. The smallest absolute Gasteiger partial charge is 0.0640 e. The number of fused-ring (bicyclic) bond motifs is 6. The third-order valence-electron chi connectivity index (χ3n) is 15.4. The predicted octanol–water partition coefficient (Wildman–Crippen LogP) is 21.5. The van der Waals surface area contributed by atoms with Crippen molar-refractivity contribution in [1.82, 2.24) is 0 Å². The van der Waals surface area contributed by atoms with Crippen LogP contribution in [0.5, 0.6) is 0 Å². The average molecular weight is 985 g/mol. The van der Waals surface area contributed by atoms with E-state index in [4.69, 9.17) is 0 Å². The van der Waals surface area contributed by atoms with E-state index in [1.807, 2.05) is 22.7 Å². The van der Waals surface area contributed by atoms with Crippen LogP contribution in [-0.2, 0) is 5.41 Å². The highest BCUT2D eigenvalue weighted by Crippen LogP contribution is 2.55. The van der Waals surface area contributed by atoms with Crippen LogP contribution >= 0.6 is 22.7 Å². The van der Waals surface area contributed by atoms with Gasteiger partial charge in [0.15, 0.2) is 0 Å². The first kappa shape index (κ1) is 44.4. The van der Waals surface area contributed by atoms with Crippen LogP contribution in [0.15, 0.2) is 224 Å². The Labute approximate surface area is 440 Å². The van der Waals surface area contributed by atoms with E-state index in [0.717, 1.165) is 34.1 Å². The fraction of sp³-hybridized carbons (Fsp3) is 0.0857. The number of aryl methyl sites for hydroxylation is 2. The Bertz CT molecular complexity index is 4220. The molecule has 0 unspecified atom stereocenters. The van der Waals surface area contributed by atoms with Crippen molar-refractivity contribution in [2.24, 2.45) is 0 Å². The molecule has 0 bridgehead atoms. The quantitative estimate of drug-likeness (QED) is 0.140. The topological polar surface area (TPSA) is 6.48 Å². The Morgan fingerprint density at radius 2 is 0.703 bits per heavy atom.